The fraction of sp³-hybridized carbons (Fsp3) is 0.750. The Balaban J connectivity index is 3.89. The maximum Gasteiger partial charge on any atom is 0.334 e. The lowest BCUT2D eigenvalue weighted by molar-refractivity contribution is -0.137. The summed E-state index contributed by atoms with van der Waals surface area (Å²) in [5, 5.41) is 9.48. The Morgan fingerprint density at radius 2 is 2.13 bits per heavy atom. The molecule has 15 heavy (non-hydrogen) atoms. The SMILES string of the molecule is CCCCC(C)CC(O)=CC(=O)OCC. The van der Waals surface area contributed by atoms with E-state index in [4.69, 9.17) is 4.74 Å². The van der Waals surface area contributed by atoms with Crippen molar-refractivity contribution in [3.63, 3.8) is 0 Å². The van der Waals surface area contributed by atoms with Crippen LogP contribution in [0.15, 0.2) is 11.8 Å². The number of ether oxygens (including phenoxy) is 1. The van der Waals surface area contributed by atoms with E-state index in [1.807, 2.05) is 0 Å². The summed E-state index contributed by atoms with van der Waals surface area (Å²) in [7, 11) is 0. The van der Waals surface area contributed by atoms with E-state index < -0.39 is 5.97 Å². The van der Waals surface area contributed by atoms with E-state index in [9.17, 15) is 9.90 Å². The molecule has 1 atom stereocenters. The molecule has 0 aliphatic carbocycles. The van der Waals surface area contributed by atoms with Gasteiger partial charge >= 0.3 is 5.97 Å². The molecule has 3 nitrogen and oxygen atoms in total. The number of carbonyl (C=O) groups excluding carboxylic acids is 1. The van der Waals surface area contributed by atoms with Crippen LogP contribution in [0.2, 0.25) is 0 Å². The smallest absolute Gasteiger partial charge is 0.334 e. The minimum absolute atomic E-state index is 0.122. The molecule has 0 heterocycles. The Morgan fingerprint density at radius 1 is 1.47 bits per heavy atom. The summed E-state index contributed by atoms with van der Waals surface area (Å²) >= 11 is 0. The largest absolute Gasteiger partial charge is 0.512 e. The zero-order chi connectivity index (χ0) is 11.7. The fourth-order valence-corrected chi connectivity index (χ4v) is 1.39. The van der Waals surface area contributed by atoms with Crippen molar-refractivity contribution < 1.29 is 14.6 Å². The summed E-state index contributed by atoms with van der Waals surface area (Å²) < 4.78 is 4.70. The molecule has 0 aromatic rings. The first-order valence-corrected chi connectivity index (χ1v) is 5.66. The average Bonchev–Trinajstić information content (AvgIpc) is 2.14. The van der Waals surface area contributed by atoms with E-state index in [1.165, 1.54) is 6.08 Å². The summed E-state index contributed by atoms with van der Waals surface area (Å²) in [6.45, 7) is 6.30. The monoisotopic (exact) mass is 214 g/mol. The van der Waals surface area contributed by atoms with Crippen molar-refractivity contribution in [2.75, 3.05) is 6.61 Å². The van der Waals surface area contributed by atoms with Crippen LogP contribution in [0.3, 0.4) is 0 Å². The van der Waals surface area contributed by atoms with Gasteiger partial charge in [0.15, 0.2) is 0 Å². The number of carbonyl (C=O) groups is 1. The highest BCUT2D eigenvalue weighted by molar-refractivity contribution is 5.82. The van der Waals surface area contributed by atoms with Gasteiger partial charge in [-0.1, -0.05) is 33.1 Å². The average molecular weight is 214 g/mol. The highest BCUT2D eigenvalue weighted by Crippen LogP contribution is 2.15. The third-order valence-electron chi connectivity index (χ3n) is 2.18. The lowest BCUT2D eigenvalue weighted by Crippen LogP contribution is -2.03. The molecule has 1 N–H and O–H groups in total. The summed E-state index contributed by atoms with van der Waals surface area (Å²) in [5.41, 5.74) is 0. The topological polar surface area (TPSA) is 46.5 Å². The van der Waals surface area contributed by atoms with Crippen LogP contribution in [-0.4, -0.2) is 17.7 Å². The van der Waals surface area contributed by atoms with Crippen LogP contribution < -0.4 is 0 Å². The van der Waals surface area contributed by atoms with Gasteiger partial charge in [0.05, 0.1) is 18.4 Å². The zero-order valence-corrected chi connectivity index (χ0v) is 9.95. The lowest BCUT2D eigenvalue weighted by atomic mass is 10.00. The van der Waals surface area contributed by atoms with E-state index in [2.05, 4.69) is 13.8 Å². The van der Waals surface area contributed by atoms with Crippen LogP contribution in [0.5, 0.6) is 0 Å². The predicted molar refractivity (Wildman–Crippen MR) is 60.7 cm³/mol. The van der Waals surface area contributed by atoms with Gasteiger partial charge in [0.2, 0.25) is 0 Å². The van der Waals surface area contributed by atoms with E-state index >= 15 is 0 Å². The van der Waals surface area contributed by atoms with Crippen molar-refractivity contribution in [2.45, 2.75) is 46.5 Å². The van der Waals surface area contributed by atoms with Crippen molar-refractivity contribution in [3.05, 3.63) is 11.8 Å². The molecular weight excluding hydrogens is 192 g/mol. The molecule has 0 saturated carbocycles. The molecule has 0 radical (unpaired) electrons. The van der Waals surface area contributed by atoms with Crippen LogP contribution in [0.25, 0.3) is 0 Å². The second kappa shape index (κ2) is 8.33. The standard InChI is InChI=1S/C12H22O3/c1-4-6-7-10(3)8-11(13)9-12(14)15-5-2/h9-10,13H,4-8H2,1-3H3. The molecule has 1 unspecified atom stereocenters. The van der Waals surface area contributed by atoms with Gasteiger partial charge in [-0.2, -0.15) is 0 Å². The number of hydrogen-bond donors (Lipinski definition) is 1. The molecule has 0 bridgehead atoms. The molecule has 0 saturated heterocycles. The van der Waals surface area contributed by atoms with E-state index in [0.29, 0.717) is 18.9 Å². The third-order valence-corrected chi connectivity index (χ3v) is 2.18. The molecule has 0 aromatic heterocycles. The summed E-state index contributed by atoms with van der Waals surface area (Å²) in [5.74, 6) is 0.0744. The first-order valence-electron chi connectivity index (χ1n) is 5.66. The Morgan fingerprint density at radius 3 is 2.67 bits per heavy atom. The van der Waals surface area contributed by atoms with Gasteiger partial charge < -0.3 is 9.84 Å². The lowest BCUT2D eigenvalue weighted by Gasteiger charge is -2.09. The number of aliphatic hydroxyl groups is 1. The van der Waals surface area contributed by atoms with Crippen molar-refractivity contribution in [2.24, 2.45) is 5.92 Å². The Bertz CT molecular complexity index is 209. The Kier molecular flexibility index (Phi) is 7.78. The molecule has 0 spiro atoms. The maximum atomic E-state index is 11.0. The Labute approximate surface area is 92.1 Å². The minimum Gasteiger partial charge on any atom is -0.512 e. The molecule has 0 rings (SSSR count). The molecular formula is C12H22O3. The fourth-order valence-electron chi connectivity index (χ4n) is 1.39. The van der Waals surface area contributed by atoms with E-state index in [1.54, 1.807) is 6.92 Å². The maximum absolute atomic E-state index is 11.0. The quantitative estimate of drug-likeness (QED) is 0.402. The zero-order valence-electron chi connectivity index (χ0n) is 9.95. The van der Waals surface area contributed by atoms with E-state index in [-0.39, 0.29) is 5.76 Å². The van der Waals surface area contributed by atoms with Gasteiger partial charge in [0.1, 0.15) is 0 Å². The molecule has 88 valence electrons. The first kappa shape index (κ1) is 14.0. The van der Waals surface area contributed by atoms with Crippen molar-refractivity contribution >= 4 is 5.97 Å². The Hall–Kier alpha value is -0.990. The van der Waals surface area contributed by atoms with Gasteiger partial charge in [-0.25, -0.2) is 4.79 Å². The molecule has 0 aromatic carbocycles. The number of allylic oxidation sites excluding steroid dienone is 1. The van der Waals surface area contributed by atoms with Crippen LogP contribution >= 0.6 is 0 Å². The number of unbranched alkanes of at least 4 members (excludes halogenated alkanes) is 1. The van der Waals surface area contributed by atoms with Crippen LogP contribution in [-0.2, 0) is 9.53 Å². The highest BCUT2D eigenvalue weighted by atomic mass is 16.5. The normalized spacial score (nSPS) is 13.7. The molecule has 0 aliphatic heterocycles. The molecule has 0 fully saturated rings. The summed E-state index contributed by atoms with van der Waals surface area (Å²) in [6.07, 6.45) is 5.13. The number of hydrogen-bond acceptors (Lipinski definition) is 3. The summed E-state index contributed by atoms with van der Waals surface area (Å²) in [6, 6.07) is 0. The predicted octanol–water partition coefficient (Wildman–Crippen LogP) is 3.21. The van der Waals surface area contributed by atoms with Gasteiger partial charge in [-0.05, 0) is 12.8 Å². The number of rotatable bonds is 7. The molecule has 0 amide bonds. The number of aliphatic hydroxyl groups excluding tert-OH is 1. The van der Waals surface area contributed by atoms with Gasteiger partial charge in [-0.15, -0.1) is 0 Å². The first-order chi connectivity index (χ1) is 7.10. The molecule has 0 aliphatic rings. The van der Waals surface area contributed by atoms with E-state index in [0.717, 1.165) is 19.3 Å². The van der Waals surface area contributed by atoms with Crippen LogP contribution in [0.1, 0.15) is 46.5 Å². The highest BCUT2D eigenvalue weighted by Gasteiger charge is 2.06. The third kappa shape index (κ3) is 8.03. The van der Waals surface area contributed by atoms with Crippen molar-refractivity contribution in [3.8, 4) is 0 Å². The summed E-state index contributed by atoms with van der Waals surface area (Å²) in [4.78, 5) is 11.0. The number of esters is 1. The van der Waals surface area contributed by atoms with Crippen molar-refractivity contribution in [1.29, 1.82) is 0 Å². The second-order valence-electron chi connectivity index (χ2n) is 3.84. The van der Waals surface area contributed by atoms with Crippen LogP contribution in [0, 0.1) is 5.92 Å². The van der Waals surface area contributed by atoms with Gasteiger partial charge in [-0.3, -0.25) is 0 Å². The van der Waals surface area contributed by atoms with Crippen LogP contribution in [0.4, 0.5) is 0 Å². The van der Waals surface area contributed by atoms with Crippen molar-refractivity contribution in [1.82, 2.24) is 0 Å². The van der Waals surface area contributed by atoms with Gasteiger partial charge in [0.25, 0.3) is 0 Å². The van der Waals surface area contributed by atoms with Gasteiger partial charge in [0, 0.05) is 6.42 Å². The second-order valence-corrected chi connectivity index (χ2v) is 3.84. The minimum atomic E-state index is -0.460. The molecule has 3 heteroatoms.